The van der Waals surface area contributed by atoms with Gasteiger partial charge in [0, 0.05) is 0 Å². The van der Waals surface area contributed by atoms with Crippen LogP contribution in [-0.2, 0) is 26.2 Å². The molecule has 1 unspecified atom stereocenters. The van der Waals surface area contributed by atoms with Crippen molar-refractivity contribution in [2.24, 2.45) is 0 Å². The number of hydrogen-bond acceptors (Lipinski definition) is 4. The van der Waals surface area contributed by atoms with Crippen molar-refractivity contribution in [1.29, 1.82) is 0 Å². The molecule has 0 spiro atoms. The molecule has 0 aromatic heterocycles. The Hall–Kier alpha value is -1.84. The van der Waals surface area contributed by atoms with Gasteiger partial charge in [-0.2, -0.15) is 0 Å². The second kappa shape index (κ2) is 5.65. The minimum atomic E-state index is -1.14. The molecule has 0 heterocycles. The number of methoxy groups -OCH3 is 1. The molecule has 1 atom stereocenters. The first-order chi connectivity index (χ1) is 9.56. The number of ether oxygens (including phenoxy) is 2. The van der Waals surface area contributed by atoms with Gasteiger partial charge in [0.15, 0.2) is 11.2 Å². The zero-order valence-electron chi connectivity index (χ0n) is 12.2. The molecule has 0 saturated heterocycles. The first-order valence-corrected chi connectivity index (χ1v) is 6.92. The SMILES string of the molecule is CCOC(=O)C1(C(C)=O)CCCc2cc(OC)ccc21. The molecule has 0 bridgehead atoms. The fourth-order valence-electron chi connectivity index (χ4n) is 2.97. The molecular weight excluding hydrogens is 256 g/mol. The van der Waals surface area contributed by atoms with Crippen molar-refractivity contribution in [2.45, 2.75) is 38.5 Å². The third-order valence-corrected chi connectivity index (χ3v) is 3.99. The first kappa shape index (κ1) is 14.6. The highest BCUT2D eigenvalue weighted by Gasteiger charge is 2.48. The molecule has 0 fully saturated rings. The predicted octanol–water partition coefficient (Wildman–Crippen LogP) is 2.42. The van der Waals surface area contributed by atoms with Crippen LogP contribution in [0.2, 0.25) is 0 Å². The van der Waals surface area contributed by atoms with Crippen LogP contribution >= 0.6 is 0 Å². The van der Waals surface area contributed by atoms with Gasteiger partial charge < -0.3 is 9.47 Å². The summed E-state index contributed by atoms with van der Waals surface area (Å²) in [5, 5.41) is 0. The van der Waals surface area contributed by atoms with Crippen molar-refractivity contribution in [3.8, 4) is 5.75 Å². The number of benzene rings is 1. The molecule has 4 heteroatoms. The lowest BCUT2D eigenvalue weighted by molar-refractivity contribution is -0.154. The molecule has 0 amide bonds. The van der Waals surface area contributed by atoms with Crippen LogP contribution in [0.25, 0.3) is 0 Å². The summed E-state index contributed by atoms with van der Waals surface area (Å²) < 4.78 is 10.4. The predicted molar refractivity (Wildman–Crippen MR) is 74.9 cm³/mol. The molecule has 2 rings (SSSR count). The molecule has 0 aliphatic heterocycles. The minimum Gasteiger partial charge on any atom is -0.497 e. The number of aryl methyl sites for hydroxylation is 1. The van der Waals surface area contributed by atoms with Crippen LogP contribution in [-0.4, -0.2) is 25.5 Å². The van der Waals surface area contributed by atoms with Crippen LogP contribution in [0.5, 0.6) is 5.75 Å². The molecular formula is C16H20O4. The van der Waals surface area contributed by atoms with E-state index in [2.05, 4.69) is 0 Å². The van der Waals surface area contributed by atoms with Crippen molar-refractivity contribution in [1.82, 2.24) is 0 Å². The summed E-state index contributed by atoms with van der Waals surface area (Å²) in [6.45, 7) is 3.50. The summed E-state index contributed by atoms with van der Waals surface area (Å²) in [6.07, 6.45) is 2.15. The smallest absolute Gasteiger partial charge is 0.324 e. The highest BCUT2D eigenvalue weighted by atomic mass is 16.5. The van der Waals surface area contributed by atoms with E-state index >= 15 is 0 Å². The van der Waals surface area contributed by atoms with Gasteiger partial charge in [0.1, 0.15) is 5.75 Å². The molecule has 0 radical (unpaired) electrons. The zero-order chi connectivity index (χ0) is 14.8. The average Bonchev–Trinajstić information content (AvgIpc) is 2.45. The Labute approximate surface area is 119 Å². The van der Waals surface area contributed by atoms with Crippen molar-refractivity contribution in [3.05, 3.63) is 29.3 Å². The molecule has 0 N–H and O–H groups in total. The number of carbonyl (C=O) groups is 2. The lowest BCUT2D eigenvalue weighted by atomic mass is 9.67. The quantitative estimate of drug-likeness (QED) is 0.626. The van der Waals surface area contributed by atoms with Gasteiger partial charge >= 0.3 is 5.97 Å². The van der Waals surface area contributed by atoms with Crippen LogP contribution in [0, 0.1) is 0 Å². The normalized spacial score (nSPS) is 20.9. The van der Waals surface area contributed by atoms with E-state index in [1.807, 2.05) is 12.1 Å². The van der Waals surface area contributed by atoms with Crippen LogP contribution in [0.4, 0.5) is 0 Å². The number of rotatable bonds is 4. The van der Waals surface area contributed by atoms with E-state index in [9.17, 15) is 9.59 Å². The minimum absolute atomic E-state index is 0.151. The van der Waals surface area contributed by atoms with E-state index < -0.39 is 11.4 Å². The van der Waals surface area contributed by atoms with Gasteiger partial charge in [0.05, 0.1) is 13.7 Å². The van der Waals surface area contributed by atoms with Gasteiger partial charge in [0.25, 0.3) is 0 Å². The summed E-state index contributed by atoms with van der Waals surface area (Å²) in [7, 11) is 1.61. The van der Waals surface area contributed by atoms with Gasteiger partial charge in [-0.15, -0.1) is 0 Å². The molecule has 1 aliphatic rings. The lowest BCUT2D eigenvalue weighted by Gasteiger charge is -2.34. The van der Waals surface area contributed by atoms with E-state index in [0.29, 0.717) is 6.42 Å². The largest absolute Gasteiger partial charge is 0.497 e. The molecule has 1 aromatic carbocycles. The van der Waals surface area contributed by atoms with Gasteiger partial charge in [-0.3, -0.25) is 9.59 Å². The summed E-state index contributed by atoms with van der Waals surface area (Å²) in [4.78, 5) is 24.6. The number of carbonyl (C=O) groups excluding carboxylic acids is 2. The van der Waals surface area contributed by atoms with E-state index in [0.717, 1.165) is 29.7 Å². The molecule has 1 aromatic rings. The van der Waals surface area contributed by atoms with Crippen molar-refractivity contribution < 1.29 is 19.1 Å². The number of hydrogen-bond donors (Lipinski definition) is 0. The van der Waals surface area contributed by atoms with Gasteiger partial charge in [-0.05, 0) is 56.4 Å². The van der Waals surface area contributed by atoms with Gasteiger partial charge in [-0.1, -0.05) is 6.07 Å². The monoisotopic (exact) mass is 276 g/mol. The summed E-state index contributed by atoms with van der Waals surface area (Å²) in [6, 6.07) is 5.53. The second-order valence-electron chi connectivity index (χ2n) is 5.06. The van der Waals surface area contributed by atoms with Gasteiger partial charge in [0.2, 0.25) is 0 Å². The zero-order valence-corrected chi connectivity index (χ0v) is 12.2. The van der Waals surface area contributed by atoms with Crippen LogP contribution in [0.15, 0.2) is 18.2 Å². The molecule has 108 valence electrons. The number of fused-ring (bicyclic) bond motifs is 1. The lowest BCUT2D eigenvalue weighted by Crippen LogP contribution is -2.46. The third-order valence-electron chi connectivity index (χ3n) is 3.99. The Balaban J connectivity index is 2.56. The Kier molecular flexibility index (Phi) is 4.12. The summed E-state index contributed by atoms with van der Waals surface area (Å²) in [5.41, 5.74) is 0.630. The van der Waals surface area contributed by atoms with E-state index in [4.69, 9.17) is 9.47 Å². The third kappa shape index (κ3) is 2.19. The molecule has 4 nitrogen and oxygen atoms in total. The standard InChI is InChI=1S/C16H20O4/c1-4-20-15(18)16(11(2)17)9-5-6-12-10-13(19-3)7-8-14(12)16/h7-8,10H,4-6,9H2,1-3H3. The van der Waals surface area contributed by atoms with Crippen LogP contribution in [0.3, 0.4) is 0 Å². The highest BCUT2D eigenvalue weighted by Crippen LogP contribution is 2.40. The Bertz CT molecular complexity index is 535. The van der Waals surface area contributed by atoms with Gasteiger partial charge in [-0.25, -0.2) is 0 Å². The number of esters is 1. The molecule has 0 saturated carbocycles. The van der Waals surface area contributed by atoms with E-state index in [-0.39, 0.29) is 12.4 Å². The van der Waals surface area contributed by atoms with Crippen LogP contribution in [0.1, 0.15) is 37.8 Å². The number of ketones is 1. The molecule has 20 heavy (non-hydrogen) atoms. The highest BCUT2D eigenvalue weighted by molar-refractivity contribution is 6.09. The fraction of sp³-hybridized carbons (Fsp3) is 0.500. The van der Waals surface area contributed by atoms with E-state index in [1.54, 1.807) is 20.1 Å². The van der Waals surface area contributed by atoms with Crippen molar-refractivity contribution >= 4 is 11.8 Å². The molecule has 1 aliphatic carbocycles. The second-order valence-corrected chi connectivity index (χ2v) is 5.06. The first-order valence-electron chi connectivity index (χ1n) is 6.92. The van der Waals surface area contributed by atoms with Crippen LogP contribution < -0.4 is 4.74 Å². The Morgan fingerprint density at radius 3 is 2.70 bits per heavy atom. The Morgan fingerprint density at radius 1 is 1.35 bits per heavy atom. The Morgan fingerprint density at radius 2 is 2.10 bits per heavy atom. The summed E-state index contributed by atoms with van der Waals surface area (Å²) in [5.74, 6) is 0.160. The average molecular weight is 276 g/mol. The maximum atomic E-state index is 12.4. The van der Waals surface area contributed by atoms with E-state index in [1.165, 1.54) is 6.92 Å². The topological polar surface area (TPSA) is 52.6 Å². The fourth-order valence-corrected chi connectivity index (χ4v) is 2.97. The maximum absolute atomic E-state index is 12.4. The van der Waals surface area contributed by atoms with Crippen molar-refractivity contribution in [2.75, 3.05) is 13.7 Å². The maximum Gasteiger partial charge on any atom is 0.324 e. The summed E-state index contributed by atoms with van der Waals surface area (Å²) >= 11 is 0. The van der Waals surface area contributed by atoms with Crippen molar-refractivity contribution in [3.63, 3.8) is 0 Å². The number of Topliss-reactive ketones (excluding diaryl/α,β-unsaturated/α-hetero) is 1.